The molecule has 0 saturated carbocycles. The van der Waals surface area contributed by atoms with E-state index in [0.717, 1.165) is 6.42 Å². The van der Waals surface area contributed by atoms with Crippen molar-refractivity contribution in [3.8, 4) is 16.8 Å². The van der Waals surface area contributed by atoms with Gasteiger partial charge >= 0.3 is 0 Å². The molecule has 1 aromatic heterocycles. The molecule has 0 radical (unpaired) electrons. The highest BCUT2D eigenvalue weighted by Crippen LogP contribution is 2.57. The van der Waals surface area contributed by atoms with Crippen molar-refractivity contribution in [1.29, 1.82) is 0 Å². The van der Waals surface area contributed by atoms with E-state index in [9.17, 15) is 0 Å². The summed E-state index contributed by atoms with van der Waals surface area (Å²) >= 11 is 0. The van der Waals surface area contributed by atoms with Crippen LogP contribution in [-0.4, -0.2) is 4.57 Å². The summed E-state index contributed by atoms with van der Waals surface area (Å²) in [5, 5.41) is 2.63. The average Bonchev–Trinajstić information content (AvgIpc) is 3.36. The number of hydrogen-bond donors (Lipinski definition) is 0. The van der Waals surface area contributed by atoms with Crippen LogP contribution in [0.2, 0.25) is 0 Å². The molecule has 0 N–H and O–H groups in total. The minimum atomic E-state index is -0.128. The molecule has 4 aromatic carbocycles. The quantitative estimate of drug-likeness (QED) is 0.260. The maximum Gasteiger partial charge on any atom is 0.0622 e. The zero-order valence-corrected chi connectivity index (χ0v) is 19.6. The van der Waals surface area contributed by atoms with Gasteiger partial charge in [-0.15, -0.1) is 0 Å². The Balaban J connectivity index is 1.66. The smallest absolute Gasteiger partial charge is 0.0622 e. The fourth-order valence-corrected chi connectivity index (χ4v) is 6.44. The van der Waals surface area contributed by atoms with Crippen molar-refractivity contribution in [3.05, 3.63) is 126 Å². The summed E-state index contributed by atoms with van der Waals surface area (Å²) in [7, 11) is 0. The lowest BCUT2D eigenvalue weighted by atomic mass is 9.70. The van der Waals surface area contributed by atoms with Crippen molar-refractivity contribution in [1.82, 2.24) is 4.57 Å². The summed E-state index contributed by atoms with van der Waals surface area (Å²) in [4.78, 5) is 0. The van der Waals surface area contributed by atoms with Crippen molar-refractivity contribution >= 4 is 21.8 Å². The van der Waals surface area contributed by atoms with Crippen LogP contribution in [0, 0.1) is 5.92 Å². The van der Waals surface area contributed by atoms with Gasteiger partial charge in [0.15, 0.2) is 0 Å². The fraction of sp³-hybridized carbons (Fsp3) is 0.152. The molecule has 1 nitrogen and oxygen atoms in total. The van der Waals surface area contributed by atoms with Crippen LogP contribution in [0.25, 0.3) is 38.6 Å². The summed E-state index contributed by atoms with van der Waals surface area (Å²) in [6.45, 7) is 4.77. The highest BCUT2D eigenvalue weighted by Gasteiger charge is 2.43. The van der Waals surface area contributed by atoms with E-state index >= 15 is 0 Å². The van der Waals surface area contributed by atoms with Gasteiger partial charge in [0.1, 0.15) is 0 Å². The molecular formula is C33H27N. The molecule has 164 valence electrons. The molecule has 0 fully saturated rings. The molecule has 34 heavy (non-hydrogen) atoms. The van der Waals surface area contributed by atoms with Gasteiger partial charge < -0.3 is 4.57 Å². The Bertz CT molecular complexity index is 1650. The molecule has 2 unspecified atom stereocenters. The number of rotatable bonds is 2. The van der Waals surface area contributed by atoms with Crippen LogP contribution in [0.5, 0.6) is 0 Å². The standard InChI is InChI=1S/C33H27N/c1-22-11-10-12-23(21-22)33(2)28-17-8-6-16-27(28)31-29(33)20-19-26-25-15-7-9-18-30(25)34(32(26)31)24-13-4-3-5-14-24/h3-20,22H,21H2,1-2H3. The molecular weight excluding hydrogens is 410 g/mol. The Labute approximate surface area is 200 Å². The Morgan fingerprint density at radius 2 is 1.53 bits per heavy atom. The average molecular weight is 438 g/mol. The van der Waals surface area contributed by atoms with E-state index in [1.165, 1.54) is 55.3 Å². The Morgan fingerprint density at radius 1 is 0.765 bits per heavy atom. The van der Waals surface area contributed by atoms with Gasteiger partial charge in [0.05, 0.1) is 11.0 Å². The van der Waals surface area contributed by atoms with Crippen LogP contribution >= 0.6 is 0 Å². The highest BCUT2D eigenvalue weighted by atomic mass is 15.0. The minimum absolute atomic E-state index is 0.128. The Morgan fingerprint density at radius 3 is 2.38 bits per heavy atom. The second kappa shape index (κ2) is 7.08. The molecule has 1 heteroatoms. The molecule has 2 aliphatic carbocycles. The Kier molecular flexibility index (Phi) is 4.08. The molecule has 2 atom stereocenters. The molecule has 0 saturated heterocycles. The Hall–Kier alpha value is -3.84. The normalized spacial score (nSPS) is 21.0. The van der Waals surface area contributed by atoms with Crippen LogP contribution in [0.4, 0.5) is 0 Å². The summed E-state index contributed by atoms with van der Waals surface area (Å²) in [5.41, 5.74) is 10.8. The monoisotopic (exact) mass is 437 g/mol. The maximum atomic E-state index is 2.48. The zero-order valence-electron chi connectivity index (χ0n) is 19.6. The fourth-order valence-electron chi connectivity index (χ4n) is 6.44. The van der Waals surface area contributed by atoms with E-state index in [1.54, 1.807) is 0 Å². The first-order valence-corrected chi connectivity index (χ1v) is 12.3. The molecule has 1 heterocycles. The topological polar surface area (TPSA) is 4.93 Å². The van der Waals surface area contributed by atoms with Crippen molar-refractivity contribution < 1.29 is 0 Å². The van der Waals surface area contributed by atoms with Crippen molar-refractivity contribution in [2.75, 3.05) is 0 Å². The first-order valence-electron chi connectivity index (χ1n) is 12.3. The third-order valence-electron chi connectivity index (χ3n) is 8.05. The van der Waals surface area contributed by atoms with E-state index in [2.05, 4.69) is 128 Å². The number of nitrogens with zero attached hydrogens (tertiary/aromatic N) is 1. The molecule has 0 bridgehead atoms. The molecule has 5 aromatic rings. The van der Waals surface area contributed by atoms with Gasteiger partial charge in [-0.3, -0.25) is 0 Å². The van der Waals surface area contributed by atoms with Crippen LogP contribution in [0.3, 0.4) is 0 Å². The second-order valence-electron chi connectivity index (χ2n) is 10.0. The molecule has 0 spiro atoms. The number of hydrogen-bond acceptors (Lipinski definition) is 0. The van der Waals surface area contributed by atoms with Gasteiger partial charge in [-0.2, -0.15) is 0 Å². The maximum absolute atomic E-state index is 2.48. The molecule has 7 rings (SSSR count). The molecule has 0 aliphatic heterocycles. The van der Waals surface area contributed by atoms with E-state index in [4.69, 9.17) is 0 Å². The van der Waals surface area contributed by atoms with Crippen molar-refractivity contribution in [2.24, 2.45) is 5.92 Å². The first-order chi connectivity index (χ1) is 16.7. The molecule has 0 amide bonds. The van der Waals surface area contributed by atoms with Crippen LogP contribution in [0.15, 0.2) is 115 Å². The minimum Gasteiger partial charge on any atom is -0.309 e. The van der Waals surface area contributed by atoms with E-state index in [1.807, 2.05) is 0 Å². The molecule has 2 aliphatic rings. The highest BCUT2D eigenvalue weighted by molar-refractivity contribution is 6.15. The van der Waals surface area contributed by atoms with E-state index in [0.29, 0.717) is 5.92 Å². The summed E-state index contributed by atoms with van der Waals surface area (Å²) in [6, 6.07) is 33.5. The summed E-state index contributed by atoms with van der Waals surface area (Å²) in [5.74, 6) is 0.563. The van der Waals surface area contributed by atoms with Crippen LogP contribution in [-0.2, 0) is 5.41 Å². The number of allylic oxidation sites excluding steroid dienone is 4. The van der Waals surface area contributed by atoms with Gasteiger partial charge in [0.2, 0.25) is 0 Å². The summed E-state index contributed by atoms with van der Waals surface area (Å²) in [6.07, 6.45) is 8.04. The predicted molar refractivity (Wildman–Crippen MR) is 144 cm³/mol. The zero-order chi connectivity index (χ0) is 22.9. The SMILES string of the molecule is CC1C=CC=C(C2(C)c3ccccc3-c3c2ccc2c4ccccc4n(-c4ccccc4)c32)C1. The van der Waals surface area contributed by atoms with E-state index in [-0.39, 0.29) is 5.41 Å². The van der Waals surface area contributed by atoms with Gasteiger partial charge in [-0.25, -0.2) is 0 Å². The number of aromatic nitrogens is 1. The second-order valence-corrected chi connectivity index (χ2v) is 10.0. The third-order valence-corrected chi connectivity index (χ3v) is 8.05. The first kappa shape index (κ1) is 19.6. The third kappa shape index (κ3) is 2.50. The summed E-state index contributed by atoms with van der Waals surface area (Å²) < 4.78 is 2.48. The lowest BCUT2D eigenvalue weighted by Gasteiger charge is -2.33. The predicted octanol–water partition coefficient (Wildman–Crippen LogP) is 8.59. The van der Waals surface area contributed by atoms with Gasteiger partial charge in [-0.1, -0.05) is 104 Å². The van der Waals surface area contributed by atoms with Gasteiger partial charge in [-0.05, 0) is 54.2 Å². The van der Waals surface area contributed by atoms with Gasteiger partial charge in [0.25, 0.3) is 0 Å². The lowest BCUT2D eigenvalue weighted by Crippen LogP contribution is -2.25. The number of fused-ring (bicyclic) bond motifs is 7. The van der Waals surface area contributed by atoms with E-state index < -0.39 is 0 Å². The van der Waals surface area contributed by atoms with Crippen molar-refractivity contribution in [2.45, 2.75) is 25.7 Å². The largest absolute Gasteiger partial charge is 0.309 e. The lowest BCUT2D eigenvalue weighted by molar-refractivity contribution is 0.590. The van der Waals surface area contributed by atoms with Crippen LogP contribution in [0.1, 0.15) is 31.4 Å². The number of para-hydroxylation sites is 2. The number of benzene rings is 4. The van der Waals surface area contributed by atoms with Crippen molar-refractivity contribution in [3.63, 3.8) is 0 Å². The van der Waals surface area contributed by atoms with Gasteiger partial charge in [0, 0.05) is 27.4 Å². The van der Waals surface area contributed by atoms with Crippen LogP contribution < -0.4 is 0 Å².